The van der Waals surface area contributed by atoms with Crippen molar-refractivity contribution in [3.05, 3.63) is 52.4 Å². The molecule has 0 amide bonds. The molecule has 0 bridgehead atoms. The van der Waals surface area contributed by atoms with Crippen LogP contribution in [0.5, 0.6) is 0 Å². The number of rotatable bonds is 5. The number of carbonyl (C=O) groups is 1. The van der Waals surface area contributed by atoms with Crippen LogP contribution in [0.2, 0.25) is 0 Å². The number of benzene rings is 1. The number of nitrogens with one attached hydrogen (secondary N) is 2. The number of hydrazine groups is 1. The molecule has 0 radical (unpaired) electrons. The summed E-state index contributed by atoms with van der Waals surface area (Å²) in [4.78, 5) is 15.5. The molecule has 2 heterocycles. The highest BCUT2D eigenvalue weighted by Gasteiger charge is 2.19. The molecule has 2 N–H and O–H groups in total. The Balaban J connectivity index is 1.69. The summed E-state index contributed by atoms with van der Waals surface area (Å²) in [5.74, 6) is -0.365. The zero-order valence-electron chi connectivity index (χ0n) is 15.5. The fourth-order valence-electron chi connectivity index (χ4n) is 2.87. The first kappa shape index (κ1) is 19.8. The highest BCUT2D eigenvalue weighted by molar-refractivity contribution is 7.80. The number of ether oxygens (including phenoxy) is 1. The van der Waals surface area contributed by atoms with Crippen LogP contribution in [0.3, 0.4) is 0 Å². The zero-order valence-corrected chi connectivity index (χ0v) is 17.2. The molecule has 1 aliphatic rings. The second-order valence-electron chi connectivity index (χ2n) is 6.47. The van der Waals surface area contributed by atoms with Crippen molar-refractivity contribution in [1.82, 2.24) is 15.3 Å². The molecule has 1 saturated heterocycles. The average Bonchev–Trinajstić information content (AvgIpc) is 3.05. The minimum Gasteiger partial charge on any atom is -0.465 e. The first-order chi connectivity index (χ1) is 13.0. The van der Waals surface area contributed by atoms with Gasteiger partial charge in [0.1, 0.15) is 5.00 Å². The fraction of sp³-hybridized carbons (Fsp3) is 0.368. The van der Waals surface area contributed by atoms with E-state index < -0.39 is 0 Å². The number of thiocarbonyl (C=S) groups is 1. The molecule has 0 saturated carbocycles. The number of hydrogen-bond donors (Lipinski definition) is 2. The first-order valence-corrected chi connectivity index (χ1v) is 10.0. The van der Waals surface area contributed by atoms with Gasteiger partial charge >= 0.3 is 5.97 Å². The van der Waals surface area contributed by atoms with Gasteiger partial charge in [-0.2, -0.15) is 0 Å². The van der Waals surface area contributed by atoms with Crippen LogP contribution in [-0.2, 0) is 11.2 Å². The van der Waals surface area contributed by atoms with Crippen LogP contribution in [0.25, 0.3) is 0 Å². The third-order valence-corrected chi connectivity index (χ3v) is 5.64. The number of piperazine rings is 1. The summed E-state index contributed by atoms with van der Waals surface area (Å²) in [6, 6.07) is 12.0. The van der Waals surface area contributed by atoms with E-state index in [9.17, 15) is 4.79 Å². The van der Waals surface area contributed by atoms with Gasteiger partial charge in [-0.1, -0.05) is 30.3 Å². The maximum atomic E-state index is 12.2. The Hall–Kier alpha value is -2.00. The van der Waals surface area contributed by atoms with Gasteiger partial charge in [-0.3, -0.25) is 5.43 Å². The molecule has 1 aliphatic heterocycles. The second-order valence-corrected chi connectivity index (χ2v) is 8.01. The van der Waals surface area contributed by atoms with E-state index in [-0.39, 0.29) is 5.97 Å². The Morgan fingerprint density at radius 3 is 2.59 bits per heavy atom. The topological polar surface area (TPSA) is 56.8 Å². The molecule has 2 aromatic rings. The molecule has 0 aliphatic carbocycles. The molecule has 3 rings (SSSR count). The second kappa shape index (κ2) is 9.27. The largest absolute Gasteiger partial charge is 0.465 e. The molecule has 0 spiro atoms. The predicted octanol–water partition coefficient (Wildman–Crippen LogP) is 2.57. The van der Waals surface area contributed by atoms with Crippen molar-refractivity contribution in [1.29, 1.82) is 0 Å². The van der Waals surface area contributed by atoms with Gasteiger partial charge in [0.25, 0.3) is 0 Å². The third-order valence-electron chi connectivity index (χ3n) is 4.40. The van der Waals surface area contributed by atoms with E-state index in [0.29, 0.717) is 15.7 Å². The number of esters is 1. The van der Waals surface area contributed by atoms with Gasteiger partial charge in [0.2, 0.25) is 0 Å². The van der Waals surface area contributed by atoms with E-state index in [4.69, 9.17) is 17.0 Å². The lowest BCUT2D eigenvalue weighted by Crippen LogP contribution is -2.53. The lowest BCUT2D eigenvalue weighted by atomic mass is 10.1. The summed E-state index contributed by atoms with van der Waals surface area (Å²) in [5, 5.41) is 6.45. The Morgan fingerprint density at radius 2 is 1.93 bits per heavy atom. The molecule has 8 heteroatoms. The quantitative estimate of drug-likeness (QED) is 0.587. The average molecular weight is 405 g/mol. The van der Waals surface area contributed by atoms with Crippen molar-refractivity contribution in [2.24, 2.45) is 0 Å². The minimum absolute atomic E-state index is 0.365. The van der Waals surface area contributed by atoms with Crippen LogP contribution in [0, 0.1) is 0 Å². The van der Waals surface area contributed by atoms with E-state index in [1.54, 1.807) is 0 Å². The molecular formula is C19H24N4O2S2. The standard InChI is InChI=1S/C19H24N4O2S2/c1-22-8-10-23(11-9-22)21-19(26)20-17-16(18(24)25-2)13-15(27-17)12-14-6-4-3-5-7-14/h3-7,13H,8-12H2,1-2H3,(H2,20,21,26). The summed E-state index contributed by atoms with van der Waals surface area (Å²) in [5.41, 5.74) is 4.92. The van der Waals surface area contributed by atoms with E-state index >= 15 is 0 Å². The molecule has 6 nitrogen and oxygen atoms in total. The normalized spacial score (nSPS) is 15.3. The summed E-state index contributed by atoms with van der Waals surface area (Å²) >= 11 is 6.97. The van der Waals surface area contributed by atoms with Crippen molar-refractivity contribution in [2.45, 2.75) is 6.42 Å². The Morgan fingerprint density at radius 1 is 1.22 bits per heavy atom. The Bertz CT molecular complexity index is 786. The molecule has 1 aromatic heterocycles. The van der Waals surface area contributed by atoms with E-state index in [1.165, 1.54) is 24.0 Å². The Kier molecular flexibility index (Phi) is 6.78. The smallest absolute Gasteiger partial charge is 0.340 e. The number of anilines is 1. The highest BCUT2D eigenvalue weighted by atomic mass is 32.1. The van der Waals surface area contributed by atoms with Gasteiger partial charge in [0.05, 0.1) is 12.7 Å². The number of methoxy groups -OCH3 is 1. The summed E-state index contributed by atoms with van der Waals surface area (Å²) in [6.07, 6.45) is 0.760. The van der Waals surface area contributed by atoms with Crippen molar-refractivity contribution in [3.8, 4) is 0 Å². The predicted molar refractivity (Wildman–Crippen MR) is 113 cm³/mol. The molecule has 1 fully saturated rings. The lowest BCUT2D eigenvalue weighted by molar-refractivity contribution is 0.0602. The van der Waals surface area contributed by atoms with Crippen LogP contribution in [-0.4, -0.2) is 61.3 Å². The van der Waals surface area contributed by atoms with Crippen LogP contribution < -0.4 is 10.7 Å². The maximum Gasteiger partial charge on any atom is 0.340 e. The van der Waals surface area contributed by atoms with Gasteiger partial charge in [-0.25, -0.2) is 9.80 Å². The van der Waals surface area contributed by atoms with Crippen LogP contribution in [0.4, 0.5) is 5.00 Å². The van der Waals surface area contributed by atoms with Crippen molar-refractivity contribution in [2.75, 3.05) is 45.7 Å². The van der Waals surface area contributed by atoms with E-state index in [0.717, 1.165) is 37.5 Å². The number of hydrogen-bond acceptors (Lipinski definition) is 6. The van der Waals surface area contributed by atoms with E-state index in [2.05, 4.69) is 39.8 Å². The van der Waals surface area contributed by atoms with Crippen LogP contribution >= 0.6 is 23.6 Å². The molecule has 0 atom stereocenters. The Labute approximate surface area is 169 Å². The zero-order chi connectivity index (χ0) is 19.2. The maximum absolute atomic E-state index is 12.2. The van der Waals surface area contributed by atoms with Gasteiger partial charge in [0, 0.05) is 37.5 Å². The number of nitrogens with zero attached hydrogens (tertiary/aromatic N) is 2. The third kappa shape index (κ3) is 5.49. The van der Waals surface area contributed by atoms with Gasteiger partial charge < -0.3 is 15.0 Å². The molecular weight excluding hydrogens is 380 g/mol. The molecule has 27 heavy (non-hydrogen) atoms. The van der Waals surface area contributed by atoms with Gasteiger partial charge in [-0.15, -0.1) is 11.3 Å². The molecule has 1 aromatic carbocycles. The van der Waals surface area contributed by atoms with Crippen LogP contribution in [0.15, 0.2) is 36.4 Å². The summed E-state index contributed by atoms with van der Waals surface area (Å²) in [6.45, 7) is 3.77. The highest BCUT2D eigenvalue weighted by Crippen LogP contribution is 2.30. The fourth-order valence-corrected chi connectivity index (χ4v) is 4.25. The number of likely N-dealkylation sites (N-methyl/N-ethyl adjacent to an activating group) is 1. The summed E-state index contributed by atoms with van der Waals surface area (Å²) in [7, 11) is 3.50. The van der Waals surface area contributed by atoms with Crippen molar-refractivity contribution < 1.29 is 9.53 Å². The van der Waals surface area contributed by atoms with Crippen molar-refractivity contribution >= 4 is 39.6 Å². The SMILES string of the molecule is COC(=O)c1cc(Cc2ccccc2)sc1NC(=S)NN1CCN(C)CC1. The number of thiophene rings is 1. The van der Waals surface area contributed by atoms with Gasteiger partial charge in [0.15, 0.2) is 5.11 Å². The van der Waals surface area contributed by atoms with Crippen LogP contribution in [0.1, 0.15) is 20.8 Å². The molecule has 0 unspecified atom stereocenters. The molecule has 144 valence electrons. The minimum atomic E-state index is -0.365. The van der Waals surface area contributed by atoms with E-state index in [1.807, 2.05) is 24.3 Å². The monoisotopic (exact) mass is 404 g/mol. The van der Waals surface area contributed by atoms with Crippen molar-refractivity contribution in [3.63, 3.8) is 0 Å². The first-order valence-electron chi connectivity index (χ1n) is 8.81. The van der Waals surface area contributed by atoms with Gasteiger partial charge in [-0.05, 0) is 30.9 Å². The number of carbonyl (C=O) groups excluding carboxylic acids is 1. The lowest BCUT2D eigenvalue weighted by Gasteiger charge is -2.33. The summed E-state index contributed by atoms with van der Waals surface area (Å²) < 4.78 is 4.93.